The van der Waals surface area contributed by atoms with Gasteiger partial charge < -0.3 is 4.57 Å². The van der Waals surface area contributed by atoms with Gasteiger partial charge in [-0.15, -0.1) is 0 Å². The zero-order valence-corrected chi connectivity index (χ0v) is 30.4. The molecule has 3 aromatic heterocycles. The molecule has 0 aliphatic rings. The fourth-order valence-electron chi connectivity index (χ4n) is 8.41. The van der Waals surface area contributed by atoms with E-state index in [2.05, 4.69) is 203 Å². The molecule has 0 aliphatic carbocycles. The largest absolute Gasteiger partial charge is 0.309 e. The van der Waals surface area contributed by atoms with Gasteiger partial charge in [0.05, 0.1) is 22.1 Å². The van der Waals surface area contributed by atoms with Crippen LogP contribution in [0.5, 0.6) is 0 Å². The maximum atomic E-state index is 4.95. The lowest BCUT2D eigenvalue weighted by atomic mass is 9.94. The van der Waals surface area contributed by atoms with Crippen LogP contribution in [0.3, 0.4) is 0 Å². The zero-order chi connectivity index (χ0) is 37.0. The monoisotopic (exact) mass is 714 g/mol. The van der Waals surface area contributed by atoms with Gasteiger partial charge in [-0.2, -0.15) is 0 Å². The molecule has 0 unspecified atom stereocenters. The van der Waals surface area contributed by atoms with Crippen LogP contribution in [0.25, 0.3) is 99.8 Å². The summed E-state index contributed by atoms with van der Waals surface area (Å²) in [5, 5.41) is 4.83. The molecule has 0 saturated carbocycles. The number of nitrogens with zero attached hydrogens (tertiary/aromatic N) is 4. The quantitative estimate of drug-likeness (QED) is 0.172. The third-order valence-electron chi connectivity index (χ3n) is 11.1. The van der Waals surface area contributed by atoms with E-state index in [1.165, 1.54) is 66.0 Å². The van der Waals surface area contributed by atoms with Gasteiger partial charge in [-0.25, -0.2) is 9.97 Å². The van der Waals surface area contributed by atoms with Crippen LogP contribution in [0.2, 0.25) is 0 Å². The van der Waals surface area contributed by atoms with Crippen LogP contribution in [0.1, 0.15) is 0 Å². The van der Waals surface area contributed by atoms with E-state index in [1.807, 2.05) is 12.4 Å². The predicted molar refractivity (Wildman–Crippen MR) is 232 cm³/mol. The molecule has 0 spiro atoms. The summed E-state index contributed by atoms with van der Waals surface area (Å²) in [6.45, 7) is 0. The third kappa shape index (κ3) is 5.23. The first-order chi connectivity index (χ1) is 27.8. The van der Waals surface area contributed by atoms with E-state index in [4.69, 9.17) is 9.97 Å². The first kappa shape index (κ1) is 31.9. The average Bonchev–Trinajstić information content (AvgIpc) is 3.79. The Labute approximate surface area is 324 Å². The minimum absolute atomic E-state index is 0.649. The Hall–Kier alpha value is -7.56. The molecule has 4 nitrogen and oxygen atoms in total. The fraction of sp³-hybridized carbons (Fsp3) is 0. The van der Waals surface area contributed by atoms with Crippen molar-refractivity contribution in [2.24, 2.45) is 0 Å². The Morgan fingerprint density at radius 2 is 0.714 bits per heavy atom. The number of aromatic nitrogens is 4. The number of fused-ring (bicyclic) bond motifs is 6. The number of benzene rings is 8. The van der Waals surface area contributed by atoms with E-state index < -0.39 is 0 Å². The molecule has 0 atom stereocenters. The summed E-state index contributed by atoms with van der Waals surface area (Å²) in [4.78, 5) is 9.91. The van der Waals surface area contributed by atoms with Crippen LogP contribution < -0.4 is 0 Å². The molecule has 262 valence electrons. The summed E-state index contributed by atoms with van der Waals surface area (Å²) in [6.07, 6.45) is 3.87. The van der Waals surface area contributed by atoms with Gasteiger partial charge in [0.15, 0.2) is 0 Å². The molecule has 0 bridgehead atoms. The highest BCUT2D eigenvalue weighted by Gasteiger charge is 2.17. The molecule has 56 heavy (non-hydrogen) atoms. The maximum absolute atomic E-state index is 4.95. The van der Waals surface area contributed by atoms with Crippen molar-refractivity contribution in [2.45, 2.75) is 0 Å². The van der Waals surface area contributed by atoms with Gasteiger partial charge in [-0.05, 0) is 87.5 Å². The highest BCUT2D eigenvalue weighted by atomic mass is 15.1. The van der Waals surface area contributed by atoms with Crippen molar-refractivity contribution in [1.29, 1.82) is 0 Å². The van der Waals surface area contributed by atoms with E-state index in [0.29, 0.717) is 5.95 Å². The van der Waals surface area contributed by atoms with Crippen LogP contribution in [-0.4, -0.2) is 19.1 Å². The average molecular weight is 715 g/mol. The smallest absolute Gasteiger partial charge is 0.234 e. The van der Waals surface area contributed by atoms with Crippen molar-refractivity contribution < 1.29 is 0 Å². The maximum Gasteiger partial charge on any atom is 0.234 e. The van der Waals surface area contributed by atoms with E-state index in [1.54, 1.807) is 0 Å². The number of rotatable bonds is 6. The molecule has 0 aliphatic heterocycles. The zero-order valence-electron chi connectivity index (χ0n) is 30.4. The molecule has 11 rings (SSSR count). The Morgan fingerprint density at radius 1 is 0.286 bits per heavy atom. The molecule has 0 fully saturated rings. The highest BCUT2D eigenvalue weighted by molar-refractivity contribution is 6.12. The first-order valence-electron chi connectivity index (χ1n) is 19.0. The van der Waals surface area contributed by atoms with Gasteiger partial charge in [0, 0.05) is 45.2 Å². The van der Waals surface area contributed by atoms with E-state index in [0.717, 1.165) is 27.8 Å². The Balaban J connectivity index is 0.951. The second kappa shape index (κ2) is 13.1. The van der Waals surface area contributed by atoms with E-state index in [9.17, 15) is 0 Å². The summed E-state index contributed by atoms with van der Waals surface area (Å²) in [5.74, 6) is 0.649. The minimum atomic E-state index is 0.649. The summed E-state index contributed by atoms with van der Waals surface area (Å²) < 4.78 is 4.54. The molecule has 0 saturated heterocycles. The predicted octanol–water partition coefficient (Wildman–Crippen LogP) is 13.3. The van der Waals surface area contributed by atoms with Gasteiger partial charge in [0.1, 0.15) is 0 Å². The number of para-hydroxylation sites is 3. The van der Waals surface area contributed by atoms with Gasteiger partial charge in [0.25, 0.3) is 0 Å². The molecular weight excluding hydrogens is 681 g/mol. The lowest BCUT2D eigenvalue weighted by molar-refractivity contribution is 0.990. The molecule has 0 radical (unpaired) electrons. The van der Waals surface area contributed by atoms with Gasteiger partial charge in [0.2, 0.25) is 5.95 Å². The summed E-state index contributed by atoms with van der Waals surface area (Å²) in [7, 11) is 0. The van der Waals surface area contributed by atoms with E-state index >= 15 is 0 Å². The Bertz CT molecular complexity index is 3210. The summed E-state index contributed by atoms with van der Waals surface area (Å²) in [5.41, 5.74) is 14.9. The first-order valence-corrected chi connectivity index (χ1v) is 19.0. The molecule has 8 aromatic carbocycles. The second-order valence-electron chi connectivity index (χ2n) is 14.3. The number of hydrogen-bond acceptors (Lipinski definition) is 2. The lowest BCUT2D eigenvalue weighted by Gasteiger charge is -2.11. The normalized spacial score (nSPS) is 11.6. The molecular formula is C52H34N4. The van der Waals surface area contributed by atoms with Crippen molar-refractivity contribution in [3.05, 3.63) is 207 Å². The minimum Gasteiger partial charge on any atom is -0.309 e. The second-order valence-corrected chi connectivity index (χ2v) is 14.3. The molecule has 3 heterocycles. The number of hydrogen-bond donors (Lipinski definition) is 0. The van der Waals surface area contributed by atoms with Gasteiger partial charge in [-0.1, -0.05) is 146 Å². The Kier molecular flexibility index (Phi) is 7.46. The van der Waals surface area contributed by atoms with Gasteiger partial charge in [-0.3, -0.25) is 4.57 Å². The lowest BCUT2D eigenvalue weighted by Crippen LogP contribution is -2.00. The summed E-state index contributed by atoms with van der Waals surface area (Å²) in [6, 6.07) is 69.3. The van der Waals surface area contributed by atoms with Crippen molar-refractivity contribution in [2.75, 3.05) is 0 Å². The van der Waals surface area contributed by atoms with Crippen LogP contribution in [-0.2, 0) is 0 Å². The topological polar surface area (TPSA) is 35.6 Å². The molecule has 0 N–H and O–H groups in total. The van der Waals surface area contributed by atoms with Crippen LogP contribution >= 0.6 is 0 Å². The fourth-order valence-corrected chi connectivity index (χ4v) is 8.41. The molecule has 4 heteroatoms. The Morgan fingerprint density at radius 3 is 1.32 bits per heavy atom. The summed E-state index contributed by atoms with van der Waals surface area (Å²) >= 11 is 0. The van der Waals surface area contributed by atoms with Crippen molar-refractivity contribution in [3.8, 4) is 56.1 Å². The van der Waals surface area contributed by atoms with Gasteiger partial charge >= 0.3 is 0 Å². The third-order valence-corrected chi connectivity index (χ3v) is 11.1. The van der Waals surface area contributed by atoms with E-state index in [-0.39, 0.29) is 0 Å². The standard InChI is InChI=1S/C52H34N4/c1-3-13-36(14-4-1)42-17-7-8-18-43(42)37-25-23-35(24-26-37)40-33-53-52(54-34-40)56-49-22-12-10-20-45(49)47-32-39(28-30-51(47)56)38-27-29-50-46(31-38)44-19-9-11-21-48(44)55(50)41-15-5-2-6-16-41/h1-34H. The van der Waals surface area contributed by atoms with Crippen molar-refractivity contribution in [1.82, 2.24) is 19.1 Å². The SMILES string of the molecule is c1ccc(-c2ccccc2-c2ccc(-c3cnc(-n4c5ccccc5c5cc(-c6ccc7c(c6)c6ccccc6n7-c6ccccc6)ccc54)nc3)cc2)cc1. The van der Waals surface area contributed by atoms with Crippen molar-refractivity contribution >= 4 is 43.6 Å². The van der Waals surface area contributed by atoms with Crippen LogP contribution in [0.4, 0.5) is 0 Å². The van der Waals surface area contributed by atoms with Crippen molar-refractivity contribution in [3.63, 3.8) is 0 Å². The highest BCUT2D eigenvalue weighted by Crippen LogP contribution is 2.38. The van der Waals surface area contributed by atoms with Crippen LogP contribution in [0, 0.1) is 0 Å². The van der Waals surface area contributed by atoms with Crippen LogP contribution in [0.15, 0.2) is 207 Å². The molecule has 11 aromatic rings. The molecule has 0 amide bonds.